The van der Waals surface area contributed by atoms with Crippen molar-refractivity contribution < 1.29 is 4.74 Å². The Morgan fingerprint density at radius 1 is 1.38 bits per heavy atom. The molecule has 3 heteroatoms. The van der Waals surface area contributed by atoms with Crippen LogP contribution in [0.1, 0.15) is 25.8 Å². The maximum Gasteiger partial charge on any atom is 0.0870 e. The standard InChI is InChI=1S/C13H16Cl2O/c1-3-12-13(16-12)8(2)6-9-4-5-10(14)7-11(9)15/h4-5,7-8,12-13H,3,6H2,1-2H3. The molecule has 16 heavy (non-hydrogen) atoms. The van der Waals surface area contributed by atoms with Crippen LogP contribution >= 0.6 is 23.2 Å². The fourth-order valence-electron chi connectivity index (χ4n) is 2.14. The van der Waals surface area contributed by atoms with Crippen LogP contribution in [0.3, 0.4) is 0 Å². The molecule has 0 saturated carbocycles. The Morgan fingerprint density at radius 3 is 2.69 bits per heavy atom. The molecule has 2 rings (SSSR count). The summed E-state index contributed by atoms with van der Waals surface area (Å²) in [7, 11) is 0. The Labute approximate surface area is 107 Å². The minimum Gasteiger partial charge on any atom is -0.369 e. The van der Waals surface area contributed by atoms with Gasteiger partial charge in [0, 0.05) is 10.0 Å². The summed E-state index contributed by atoms with van der Waals surface area (Å²) in [5, 5.41) is 1.45. The summed E-state index contributed by atoms with van der Waals surface area (Å²) in [5.41, 5.74) is 1.16. The lowest BCUT2D eigenvalue weighted by Gasteiger charge is -2.10. The van der Waals surface area contributed by atoms with E-state index in [0.29, 0.717) is 23.1 Å². The molecule has 1 aliphatic heterocycles. The third-order valence-corrected chi connectivity index (χ3v) is 3.73. The molecule has 3 atom stereocenters. The molecule has 0 radical (unpaired) electrons. The first kappa shape index (κ1) is 12.2. The monoisotopic (exact) mass is 258 g/mol. The van der Waals surface area contributed by atoms with Gasteiger partial charge in [-0.3, -0.25) is 0 Å². The summed E-state index contributed by atoms with van der Waals surface area (Å²) >= 11 is 12.0. The summed E-state index contributed by atoms with van der Waals surface area (Å²) in [6, 6.07) is 5.70. The molecular weight excluding hydrogens is 243 g/mol. The number of halogens is 2. The molecule has 0 aliphatic carbocycles. The van der Waals surface area contributed by atoms with Gasteiger partial charge in [-0.05, 0) is 36.5 Å². The Balaban J connectivity index is 1.98. The van der Waals surface area contributed by atoms with Gasteiger partial charge in [0.15, 0.2) is 0 Å². The first-order valence-electron chi connectivity index (χ1n) is 5.71. The van der Waals surface area contributed by atoms with Crippen molar-refractivity contribution in [3.63, 3.8) is 0 Å². The molecule has 1 saturated heterocycles. The van der Waals surface area contributed by atoms with Crippen LogP contribution in [0.15, 0.2) is 18.2 Å². The second kappa shape index (κ2) is 4.95. The highest BCUT2D eigenvalue weighted by Crippen LogP contribution is 2.34. The molecule has 0 spiro atoms. The molecule has 1 fully saturated rings. The summed E-state index contributed by atoms with van der Waals surface area (Å²) < 4.78 is 5.59. The number of hydrogen-bond acceptors (Lipinski definition) is 1. The highest BCUT2D eigenvalue weighted by Gasteiger charge is 2.41. The van der Waals surface area contributed by atoms with Crippen molar-refractivity contribution in [3.05, 3.63) is 33.8 Å². The van der Waals surface area contributed by atoms with Crippen molar-refractivity contribution in [1.29, 1.82) is 0 Å². The molecule has 3 unspecified atom stereocenters. The first-order valence-corrected chi connectivity index (χ1v) is 6.46. The fraction of sp³-hybridized carbons (Fsp3) is 0.538. The average Bonchev–Trinajstić information content (AvgIpc) is 3.01. The molecule has 1 nitrogen and oxygen atoms in total. The minimum atomic E-state index is 0.414. The zero-order valence-corrected chi connectivity index (χ0v) is 11.1. The maximum atomic E-state index is 6.14. The molecule has 0 N–H and O–H groups in total. The molecule has 1 aromatic rings. The number of benzene rings is 1. The molecule has 0 bridgehead atoms. The van der Waals surface area contributed by atoms with Gasteiger partial charge in [-0.1, -0.05) is 43.1 Å². The molecule has 1 aromatic carbocycles. The van der Waals surface area contributed by atoms with Crippen LogP contribution in [0.2, 0.25) is 10.0 Å². The van der Waals surface area contributed by atoms with Crippen molar-refractivity contribution in [3.8, 4) is 0 Å². The minimum absolute atomic E-state index is 0.414. The van der Waals surface area contributed by atoms with Crippen molar-refractivity contribution in [2.75, 3.05) is 0 Å². The second-order valence-electron chi connectivity index (χ2n) is 4.46. The van der Waals surface area contributed by atoms with E-state index in [1.165, 1.54) is 0 Å². The van der Waals surface area contributed by atoms with E-state index in [1.807, 2.05) is 12.1 Å². The Bertz CT molecular complexity index is 378. The van der Waals surface area contributed by atoms with Crippen LogP contribution < -0.4 is 0 Å². The predicted molar refractivity (Wildman–Crippen MR) is 68.3 cm³/mol. The smallest absolute Gasteiger partial charge is 0.0870 e. The van der Waals surface area contributed by atoms with E-state index in [0.717, 1.165) is 23.4 Å². The van der Waals surface area contributed by atoms with Gasteiger partial charge in [0.25, 0.3) is 0 Å². The van der Waals surface area contributed by atoms with Crippen molar-refractivity contribution >= 4 is 23.2 Å². The van der Waals surface area contributed by atoms with E-state index in [1.54, 1.807) is 6.07 Å². The summed E-state index contributed by atoms with van der Waals surface area (Å²) in [4.78, 5) is 0. The number of ether oxygens (including phenoxy) is 1. The average molecular weight is 259 g/mol. The van der Waals surface area contributed by atoms with Gasteiger partial charge in [0.1, 0.15) is 0 Å². The van der Waals surface area contributed by atoms with Gasteiger partial charge in [0.05, 0.1) is 12.2 Å². The lowest BCUT2D eigenvalue weighted by atomic mass is 9.96. The normalized spacial score (nSPS) is 25.5. The quantitative estimate of drug-likeness (QED) is 0.732. The lowest BCUT2D eigenvalue weighted by molar-refractivity contribution is 0.322. The van der Waals surface area contributed by atoms with E-state index in [-0.39, 0.29) is 0 Å². The molecule has 0 amide bonds. The summed E-state index contributed by atoms with van der Waals surface area (Å²) in [6.45, 7) is 4.37. The summed E-state index contributed by atoms with van der Waals surface area (Å²) in [5.74, 6) is 0.517. The molecule has 1 heterocycles. The van der Waals surface area contributed by atoms with Crippen molar-refractivity contribution in [2.24, 2.45) is 5.92 Å². The van der Waals surface area contributed by atoms with E-state index < -0.39 is 0 Å². The summed E-state index contributed by atoms with van der Waals surface area (Å²) in [6.07, 6.45) is 2.93. The Kier molecular flexibility index (Phi) is 3.78. The second-order valence-corrected chi connectivity index (χ2v) is 5.31. The van der Waals surface area contributed by atoms with Gasteiger partial charge in [-0.15, -0.1) is 0 Å². The zero-order valence-electron chi connectivity index (χ0n) is 9.54. The van der Waals surface area contributed by atoms with E-state index in [2.05, 4.69) is 13.8 Å². The van der Waals surface area contributed by atoms with Crippen molar-refractivity contribution in [1.82, 2.24) is 0 Å². The van der Waals surface area contributed by atoms with Crippen LogP contribution in [-0.2, 0) is 11.2 Å². The van der Waals surface area contributed by atoms with E-state index in [4.69, 9.17) is 27.9 Å². The molecule has 1 aliphatic rings. The number of epoxide rings is 1. The van der Waals surface area contributed by atoms with Gasteiger partial charge in [-0.25, -0.2) is 0 Å². The Hall–Kier alpha value is -0.240. The van der Waals surface area contributed by atoms with Gasteiger partial charge in [-0.2, -0.15) is 0 Å². The maximum absolute atomic E-state index is 6.14. The first-order chi connectivity index (χ1) is 7.61. The van der Waals surface area contributed by atoms with Crippen molar-refractivity contribution in [2.45, 2.75) is 38.9 Å². The molecule has 88 valence electrons. The van der Waals surface area contributed by atoms with Crippen LogP contribution in [0.5, 0.6) is 0 Å². The molecular formula is C13H16Cl2O. The third-order valence-electron chi connectivity index (χ3n) is 3.14. The zero-order chi connectivity index (χ0) is 11.7. The van der Waals surface area contributed by atoms with Crippen LogP contribution in [0.25, 0.3) is 0 Å². The van der Waals surface area contributed by atoms with Crippen LogP contribution in [0, 0.1) is 5.92 Å². The highest BCUT2D eigenvalue weighted by atomic mass is 35.5. The largest absolute Gasteiger partial charge is 0.369 e. The highest BCUT2D eigenvalue weighted by molar-refractivity contribution is 6.35. The van der Waals surface area contributed by atoms with Crippen LogP contribution in [-0.4, -0.2) is 12.2 Å². The van der Waals surface area contributed by atoms with Gasteiger partial charge in [0.2, 0.25) is 0 Å². The fourth-order valence-corrected chi connectivity index (χ4v) is 2.62. The molecule has 0 aromatic heterocycles. The lowest BCUT2D eigenvalue weighted by Crippen LogP contribution is -2.10. The number of rotatable bonds is 4. The van der Waals surface area contributed by atoms with Gasteiger partial charge < -0.3 is 4.74 Å². The van der Waals surface area contributed by atoms with Crippen LogP contribution in [0.4, 0.5) is 0 Å². The number of hydrogen-bond donors (Lipinski definition) is 0. The Morgan fingerprint density at radius 2 is 2.12 bits per heavy atom. The third kappa shape index (κ3) is 2.71. The topological polar surface area (TPSA) is 12.5 Å². The predicted octanol–water partition coefficient (Wildman–Crippen LogP) is 4.35. The van der Waals surface area contributed by atoms with E-state index in [9.17, 15) is 0 Å². The SMILES string of the molecule is CCC1OC1C(C)Cc1ccc(Cl)cc1Cl. The van der Waals surface area contributed by atoms with E-state index >= 15 is 0 Å². The van der Waals surface area contributed by atoms with Gasteiger partial charge >= 0.3 is 0 Å².